The van der Waals surface area contributed by atoms with Gasteiger partial charge in [0.1, 0.15) is 5.82 Å². The molecule has 0 atom stereocenters. The third kappa shape index (κ3) is 4.45. The number of aryl methyl sites for hydroxylation is 3. The first-order chi connectivity index (χ1) is 12.4. The van der Waals surface area contributed by atoms with Crippen LogP contribution in [0.5, 0.6) is 0 Å². The van der Waals surface area contributed by atoms with Crippen LogP contribution in [0.4, 0.5) is 5.69 Å². The highest BCUT2D eigenvalue weighted by Crippen LogP contribution is 2.23. The van der Waals surface area contributed by atoms with Crippen molar-refractivity contribution in [2.24, 2.45) is 0 Å². The second kappa shape index (κ2) is 7.93. The molecule has 0 aliphatic heterocycles. The third-order valence-corrected chi connectivity index (χ3v) is 4.90. The molecule has 1 N–H and O–H groups in total. The Morgan fingerprint density at radius 1 is 1.08 bits per heavy atom. The summed E-state index contributed by atoms with van der Waals surface area (Å²) < 4.78 is 1.91. The normalized spacial score (nSPS) is 10.8. The number of carbonyl (C=O) groups excluding carboxylic acids is 1. The molecule has 1 amide bonds. The number of hydrogen-bond acceptors (Lipinski definition) is 4. The average Bonchev–Trinajstić information content (AvgIpc) is 2.93. The van der Waals surface area contributed by atoms with E-state index in [-0.39, 0.29) is 11.7 Å². The number of hydrogen-bond donors (Lipinski definition) is 1. The molecule has 0 saturated heterocycles. The molecule has 0 aliphatic carbocycles. The molecular weight excluding hydrogens is 368 g/mol. The summed E-state index contributed by atoms with van der Waals surface area (Å²) in [6.07, 6.45) is 0. The van der Waals surface area contributed by atoms with E-state index in [2.05, 4.69) is 21.6 Å². The Balaban J connectivity index is 1.70. The SMILES string of the molecule is Cc1cc(C)cc(NC(=O)CSc2nnc(C)n2-c2ccc(Cl)cc2)c1. The van der Waals surface area contributed by atoms with Gasteiger partial charge < -0.3 is 5.32 Å². The van der Waals surface area contributed by atoms with Crippen molar-refractivity contribution in [3.8, 4) is 5.69 Å². The van der Waals surface area contributed by atoms with Crippen molar-refractivity contribution in [3.63, 3.8) is 0 Å². The number of halogens is 1. The zero-order valence-corrected chi connectivity index (χ0v) is 16.4. The molecular formula is C19H19ClN4OS. The maximum atomic E-state index is 12.3. The highest BCUT2D eigenvalue weighted by atomic mass is 35.5. The van der Waals surface area contributed by atoms with Crippen molar-refractivity contribution in [2.75, 3.05) is 11.1 Å². The van der Waals surface area contributed by atoms with Gasteiger partial charge in [-0.3, -0.25) is 9.36 Å². The van der Waals surface area contributed by atoms with Gasteiger partial charge in [-0.05, 0) is 68.3 Å². The Morgan fingerprint density at radius 3 is 2.38 bits per heavy atom. The maximum Gasteiger partial charge on any atom is 0.234 e. The highest BCUT2D eigenvalue weighted by molar-refractivity contribution is 7.99. The largest absolute Gasteiger partial charge is 0.325 e. The molecule has 1 aromatic heterocycles. The summed E-state index contributed by atoms with van der Waals surface area (Å²) >= 11 is 7.30. The molecule has 0 saturated carbocycles. The van der Waals surface area contributed by atoms with Crippen LogP contribution < -0.4 is 5.32 Å². The Kier molecular flexibility index (Phi) is 5.64. The van der Waals surface area contributed by atoms with Crippen molar-refractivity contribution in [1.82, 2.24) is 14.8 Å². The fraction of sp³-hybridized carbons (Fsp3) is 0.211. The van der Waals surface area contributed by atoms with E-state index in [4.69, 9.17) is 11.6 Å². The molecule has 0 unspecified atom stereocenters. The van der Waals surface area contributed by atoms with Gasteiger partial charge in [-0.15, -0.1) is 10.2 Å². The highest BCUT2D eigenvalue weighted by Gasteiger charge is 2.13. The predicted molar refractivity (Wildman–Crippen MR) is 106 cm³/mol. The van der Waals surface area contributed by atoms with Crippen LogP contribution in [-0.4, -0.2) is 26.4 Å². The smallest absolute Gasteiger partial charge is 0.234 e. The minimum Gasteiger partial charge on any atom is -0.325 e. The molecule has 0 aliphatic rings. The second-order valence-electron chi connectivity index (χ2n) is 6.05. The van der Waals surface area contributed by atoms with E-state index < -0.39 is 0 Å². The zero-order chi connectivity index (χ0) is 18.7. The Bertz CT molecular complexity index is 917. The van der Waals surface area contributed by atoms with Gasteiger partial charge in [0.05, 0.1) is 5.75 Å². The van der Waals surface area contributed by atoms with E-state index in [1.54, 1.807) is 0 Å². The number of carbonyl (C=O) groups is 1. The van der Waals surface area contributed by atoms with Crippen molar-refractivity contribution < 1.29 is 4.79 Å². The molecule has 134 valence electrons. The summed E-state index contributed by atoms with van der Waals surface area (Å²) in [4.78, 5) is 12.3. The third-order valence-electron chi connectivity index (χ3n) is 3.72. The molecule has 0 radical (unpaired) electrons. The van der Waals surface area contributed by atoms with Crippen LogP contribution in [0.25, 0.3) is 5.69 Å². The Morgan fingerprint density at radius 2 is 1.73 bits per heavy atom. The standard InChI is InChI=1S/C19H19ClN4OS/c1-12-8-13(2)10-16(9-12)21-18(25)11-26-19-23-22-14(3)24(19)17-6-4-15(20)5-7-17/h4-10H,11H2,1-3H3,(H,21,25). The number of thioether (sulfide) groups is 1. The molecule has 2 aromatic carbocycles. The Hall–Kier alpha value is -2.31. The van der Waals surface area contributed by atoms with Gasteiger partial charge in [-0.1, -0.05) is 29.4 Å². The van der Waals surface area contributed by atoms with Gasteiger partial charge in [-0.25, -0.2) is 0 Å². The molecule has 0 spiro atoms. The monoisotopic (exact) mass is 386 g/mol. The fourth-order valence-corrected chi connectivity index (χ4v) is 3.62. The summed E-state index contributed by atoms with van der Waals surface area (Å²) in [5.74, 6) is 0.923. The quantitative estimate of drug-likeness (QED) is 0.652. The summed E-state index contributed by atoms with van der Waals surface area (Å²) in [7, 11) is 0. The summed E-state index contributed by atoms with van der Waals surface area (Å²) in [5, 5.41) is 12.6. The van der Waals surface area contributed by atoms with Gasteiger partial charge in [0.2, 0.25) is 5.91 Å². The maximum absolute atomic E-state index is 12.3. The van der Waals surface area contributed by atoms with Gasteiger partial charge >= 0.3 is 0 Å². The van der Waals surface area contributed by atoms with Gasteiger partial charge in [0.25, 0.3) is 0 Å². The number of nitrogens with zero attached hydrogens (tertiary/aromatic N) is 3. The first kappa shape index (κ1) is 18.5. The minimum atomic E-state index is -0.0803. The lowest BCUT2D eigenvalue weighted by atomic mass is 10.1. The summed E-state index contributed by atoms with van der Waals surface area (Å²) in [5.41, 5.74) is 3.95. The summed E-state index contributed by atoms with van der Waals surface area (Å²) in [6.45, 7) is 5.89. The van der Waals surface area contributed by atoms with Gasteiger partial charge in [-0.2, -0.15) is 0 Å². The van der Waals surface area contributed by atoms with Gasteiger partial charge in [0, 0.05) is 16.4 Å². The molecule has 26 heavy (non-hydrogen) atoms. The van der Waals surface area contributed by atoms with Crippen LogP contribution in [0, 0.1) is 20.8 Å². The first-order valence-electron chi connectivity index (χ1n) is 8.11. The topological polar surface area (TPSA) is 59.8 Å². The van der Waals surface area contributed by atoms with E-state index >= 15 is 0 Å². The molecule has 3 aromatic rings. The molecule has 7 heteroatoms. The van der Waals surface area contributed by atoms with Crippen LogP contribution in [0.1, 0.15) is 17.0 Å². The van der Waals surface area contributed by atoms with Crippen LogP contribution in [0.2, 0.25) is 5.02 Å². The number of benzene rings is 2. The fourth-order valence-electron chi connectivity index (χ4n) is 2.70. The molecule has 5 nitrogen and oxygen atoms in total. The number of aromatic nitrogens is 3. The van der Waals surface area contributed by atoms with Crippen LogP contribution in [0.3, 0.4) is 0 Å². The summed E-state index contributed by atoms with van der Waals surface area (Å²) in [6, 6.07) is 13.4. The number of rotatable bonds is 5. The lowest BCUT2D eigenvalue weighted by Crippen LogP contribution is -2.14. The average molecular weight is 387 g/mol. The van der Waals surface area contributed by atoms with E-state index in [9.17, 15) is 4.79 Å². The van der Waals surface area contributed by atoms with Crippen LogP contribution >= 0.6 is 23.4 Å². The van der Waals surface area contributed by atoms with Crippen molar-refractivity contribution in [1.29, 1.82) is 0 Å². The molecule has 0 bridgehead atoms. The van der Waals surface area contributed by atoms with E-state index in [0.717, 1.165) is 28.3 Å². The van der Waals surface area contributed by atoms with Crippen molar-refractivity contribution >= 4 is 35.0 Å². The van der Waals surface area contributed by atoms with Crippen molar-refractivity contribution in [2.45, 2.75) is 25.9 Å². The number of nitrogens with one attached hydrogen (secondary N) is 1. The predicted octanol–water partition coefficient (Wildman–Crippen LogP) is 4.58. The van der Waals surface area contributed by atoms with E-state index in [1.807, 2.05) is 61.7 Å². The Labute approximate surface area is 161 Å². The lowest BCUT2D eigenvalue weighted by molar-refractivity contribution is -0.113. The zero-order valence-electron chi connectivity index (χ0n) is 14.8. The number of amides is 1. The minimum absolute atomic E-state index is 0.0803. The van der Waals surface area contributed by atoms with Gasteiger partial charge in [0.15, 0.2) is 5.16 Å². The number of anilines is 1. The lowest BCUT2D eigenvalue weighted by Gasteiger charge is -2.09. The molecule has 1 heterocycles. The van der Waals surface area contributed by atoms with Crippen LogP contribution in [0.15, 0.2) is 47.6 Å². The van der Waals surface area contributed by atoms with Crippen molar-refractivity contribution in [3.05, 3.63) is 64.4 Å². The molecule has 3 rings (SSSR count). The first-order valence-corrected chi connectivity index (χ1v) is 9.47. The van der Waals surface area contributed by atoms with Crippen LogP contribution in [-0.2, 0) is 4.79 Å². The van der Waals surface area contributed by atoms with E-state index in [0.29, 0.717) is 10.2 Å². The second-order valence-corrected chi connectivity index (χ2v) is 7.43. The van der Waals surface area contributed by atoms with E-state index in [1.165, 1.54) is 11.8 Å². The molecule has 0 fully saturated rings.